The molecule has 0 aliphatic rings. The Kier molecular flexibility index (Phi) is 35.4. The molecule has 47 heavy (non-hydrogen) atoms. The van der Waals surface area contributed by atoms with E-state index in [1.54, 1.807) is 0 Å². The summed E-state index contributed by atoms with van der Waals surface area (Å²) in [6.45, 7) is 5.35. The highest BCUT2D eigenvalue weighted by Gasteiger charge is 2.22. The Hall–Kier alpha value is -1.94. The first-order chi connectivity index (χ1) is 23.0. The van der Waals surface area contributed by atoms with E-state index in [1.165, 1.54) is 96.3 Å². The van der Waals surface area contributed by atoms with Crippen molar-refractivity contribution in [2.45, 2.75) is 193 Å². The molecule has 0 radical (unpaired) electrons. The van der Waals surface area contributed by atoms with E-state index in [-0.39, 0.29) is 11.8 Å². The molecular weight excluding hydrogens is 578 g/mol. The monoisotopic (exact) mass is 656 g/mol. The van der Waals surface area contributed by atoms with Gasteiger partial charge in [0.2, 0.25) is 0 Å². The van der Waals surface area contributed by atoms with Gasteiger partial charge in [0.25, 0.3) is 0 Å². The van der Waals surface area contributed by atoms with Gasteiger partial charge in [-0.1, -0.05) is 133 Å². The Balaban J connectivity index is 4.17. The van der Waals surface area contributed by atoms with Crippen LogP contribution >= 0.6 is 0 Å². The highest BCUT2D eigenvalue weighted by Crippen LogP contribution is 2.16. The van der Waals surface area contributed by atoms with E-state index in [0.29, 0.717) is 19.3 Å². The number of hydrogen-bond acceptors (Lipinski definition) is 4. The molecular formula is C43H77NO3. The minimum Gasteiger partial charge on any atom is -0.454 e. The van der Waals surface area contributed by atoms with Gasteiger partial charge < -0.3 is 9.64 Å². The first kappa shape index (κ1) is 45.1. The first-order valence-corrected chi connectivity index (χ1v) is 20.0. The van der Waals surface area contributed by atoms with Crippen LogP contribution in [0.1, 0.15) is 187 Å². The van der Waals surface area contributed by atoms with Crippen molar-refractivity contribution >= 4 is 11.8 Å². The Bertz CT molecular complexity index is 810. The van der Waals surface area contributed by atoms with E-state index in [9.17, 15) is 9.59 Å². The van der Waals surface area contributed by atoms with Crippen LogP contribution < -0.4 is 0 Å². The molecule has 0 rings (SSSR count). The molecule has 0 aliphatic carbocycles. The molecule has 0 heterocycles. The zero-order valence-corrected chi connectivity index (χ0v) is 31.7. The number of nitrogens with zero attached hydrogens (tertiary/aromatic N) is 1. The van der Waals surface area contributed by atoms with Crippen molar-refractivity contribution in [3.05, 3.63) is 48.6 Å². The molecule has 0 aromatic heterocycles. The fourth-order valence-electron chi connectivity index (χ4n) is 5.63. The van der Waals surface area contributed by atoms with Crippen LogP contribution in [0.3, 0.4) is 0 Å². The summed E-state index contributed by atoms with van der Waals surface area (Å²) in [7, 11) is 4.02. The van der Waals surface area contributed by atoms with Crippen molar-refractivity contribution in [2.75, 3.05) is 20.6 Å². The van der Waals surface area contributed by atoms with Crippen molar-refractivity contribution in [2.24, 2.45) is 0 Å². The van der Waals surface area contributed by atoms with Gasteiger partial charge in [-0.05, 0) is 111 Å². The Morgan fingerprint density at radius 1 is 0.511 bits per heavy atom. The normalized spacial score (nSPS) is 12.9. The quantitative estimate of drug-likeness (QED) is 0.0387. The molecule has 0 saturated carbocycles. The highest BCUT2D eigenvalue weighted by molar-refractivity contribution is 5.85. The summed E-state index contributed by atoms with van der Waals surface area (Å²) in [6.07, 6.45) is 47.5. The molecule has 272 valence electrons. The van der Waals surface area contributed by atoms with Crippen LogP contribution in [-0.4, -0.2) is 43.4 Å². The minimum atomic E-state index is -0.557. The molecule has 4 nitrogen and oxygen atoms in total. The predicted octanol–water partition coefficient (Wildman–Crippen LogP) is 12.8. The Morgan fingerprint density at radius 2 is 0.936 bits per heavy atom. The van der Waals surface area contributed by atoms with Gasteiger partial charge in [-0.3, -0.25) is 9.59 Å². The lowest BCUT2D eigenvalue weighted by Gasteiger charge is -2.17. The van der Waals surface area contributed by atoms with Crippen LogP contribution in [0, 0.1) is 0 Å². The molecule has 0 bridgehead atoms. The SMILES string of the molecule is CCCCC/C=C/C/C=C/CCCCCCCCC(OC(=O)CCCN(C)C)C(=O)CCCCCCC/C=C/C/C=C/CCCCC. The second-order valence-corrected chi connectivity index (χ2v) is 13.7. The van der Waals surface area contributed by atoms with Gasteiger partial charge in [-0.15, -0.1) is 0 Å². The fourth-order valence-corrected chi connectivity index (χ4v) is 5.63. The minimum absolute atomic E-state index is 0.124. The van der Waals surface area contributed by atoms with Gasteiger partial charge in [-0.2, -0.15) is 0 Å². The predicted molar refractivity (Wildman–Crippen MR) is 206 cm³/mol. The van der Waals surface area contributed by atoms with Crippen LogP contribution in [0.15, 0.2) is 48.6 Å². The van der Waals surface area contributed by atoms with Crippen LogP contribution in [-0.2, 0) is 14.3 Å². The van der Waals surface area contributed by atoms with Crippen LogP contribution in [0.2, 0.25) is 0 Å². The molecule has 0 saturated heterocycles. The van der Waals surface area contributed by atoms with Gasteiger partial charge in [0.05, 0.1) is 0 Å². The number of unbranched alkanes of at least 4 members (excludes halogenated alkanes) is 17. The van der Waals surface area contributed by atoms with E-state index in [0.717, 1.165) is 64.3 Å². The lowest BCUT2D eigenvalue weighted by atomic mass is 10.0. The summed E-state index contributed by atoms with van der Waals surface area (Å²) in [6, 6.07) is 0. The van der Waals surface area contributed by atoms with Crippen molar-refractivity contribution in [1.29, 1.82) is 0 Å². The van der Waals surface area contributed by atoms with Crippen LogP contribution in [0.4, 0.5) is 0 Å². The number of hydrogen-bond donors (Lipinski definition) is 0. The summed E-state index contributed by atoms with van der Waals surface area (Å²) in [5.74, 6) is -0.0930. The lowest BCUT2D eigenvalue weighted by molar-refractivity contribution is -0.155. The zero-order valence-electron chi connectivity index (χ0n) is 31.7. The molecule has 0 fully saturated rings. The third kappa shape index (κ3) is 35.2. The van der Waals surface area contributed by atoms with Crippen molar-refractivity contribution < 1.29 is 14.3 Å². The lowest BCUT2D eigenvalue weighted by Crippen LogP contribution is -2.27. The molecule has 0 aromatic carbocycles. The topological polar surface area (TPSA) is 46.6 Å². The molecule has 0 aliphatic heterocycles. The van der Waals surface area contributed by atoms with E-state index in [1.807, 2.05) is 14.1 Å². The van der Waals surface area contributed by atoms with Gasteiger partial charge in [0.1, 0.15) is 0 Å². The van der Waals surface area contributed by atoms with Crippen molar-refractivity contribution in [1.82, 2.24) is 4.90 Å². The van der Waals surface area contributed by atoms with Crippen molar-refractivity contribution in [3.63, 3.8) is 0 Å². The van der Waals surface area contributed by atoms with Crippen molar-refractivity contribution in [3.8, 4) is 0 Å². The highest BCUT2D eigenvalue weighted by atomic mass is 16.5. The average molecular weight is 656 g/mol. The Morgan fingerprint density at radius 3 is 1.40 bits per heavy atom. The fraction of sp³-hybridized carbons (Fsp3) is 0.767. The number of ether oxygens (including phenoxy) is 1. The molecule has 0 N–H and O–H groups in total. The van der Waals surface area contributed by atoms with E-state index < -0.39 is 6.10 Å². The second kappa shape index (κ2) is 36.9. The maximum Gasteiger partial charge on any atom is 0.306 e. The van der Waals surface area contributed by atoms with E-state index in [2.05, 4.69) is 67.4 Å². The summed E-state index contributed by atoms with van der Waals surface area (Å²) >= 11 is 0. The second-order valence-electron chi connectivity index (χ2n) is 13.7. The number of carbonyl (C=O) groups is 2. The summed E-state index contributed by atoms with van der Waals surface area (Å²) in [5, 5.41) is 0. The largest absolute Gasteiger partial charge is 0.454 e. The first-order valence-electron chi connectivity index (χ1n) is 20.0. The summed E-state index contributed by atoms with van der Waals surface area (Å²) in [4.78, 5) is 27.7. The maximum absolute atomic E-state index is 13.1. The standard InChI is InChI=1S/C43H77NO3/c1-5-7-9-11-13-15-17-19-21-23-25-27-29-31-33-35-38-42(47-43(46)39-36-40-44(3)4)41(45)37-34-32-30-28-26-24-22-20-18-16-14-12-10-8-6-2/h13-16,19-22,42H,5-12,17-18,23-40H2,1-4H3/b15-13+,16-14+,21-19+,22-20+. The summed E-state index contributed by atoms with van der Waals surface area (Å²) < 4.78 is 5.76. The smallest absolute Gasteiger partial charge is 0.306 e. The number of ketones is 1. The maximum atomic E-state index is 13.1. The summed E-state index contributed by atoms with van der Waals surface area (Å²) in [5.41, 5.74) is 0. The van der Waals surface area contributed by atoms with Crippen LogP contribution in [0.25, 0.3) is 0 Å². The molecule has 1 unspecified atom stereocenters. The number of rotatable bonds is 35. The molecule has 0 amide bonds. The number of esters is 1. The molecule has 0 spiro atoms. The number of carbonyl (C=O) groups excluding carboxylic acids is 2. The van der Waals surface area contributed by atoms with Gasteiger partial charge in [-0.25, -0.2) is 0 Å². The Labute approximate surface area is 293 Å². The van der Waals surface area contributed by atoms with Crippen LogP contribution in [0.5, 0.6) is 0 Å². The van der Waals surface area contributed by atoms with E-state index in [4.69, 9.17) is 4.74 Å². The van der Waals surface area contributed by atoms with Gasteiger partial charge in [0.15, 0.2) is 11.9 Å². The van der Waals surface area contributed by atoms with Gasteiger partial charge in [0, 0.05) is 12.8 Å². The third-order valence-electron chi connectivity index (χ3n) is 8.66. The third-order valence-corrected chi connectivity index (χ3v) is 8.66. The molecule has 1 atom stereocenters. The number of allylic oxidation sites excluding steroid dienone is 8. The average Bonchev–Trinajstić information content (AvgIpc) is 3.05. The zero-order chi connectivity index (χ0) is 34.5. The molecule has 4 heteroatoms. The van der Waals surface area contributed by atoms with E-state index >= 15 is 0 Å². The number of Topliss-reactive ketones (excluding diaryl/α,β-unsaturated/α-hetero) is 1. The van der Waals surface area contributed by atoms with Gasteiger partial charge >= 0.3 is 5.97 Å². The molecule has 0 aromatic rings.